The first-order chi connectivity index (χ1) is 41.6. The van der Waals surface area contributed by atoms with Crippen LogP contribution in [-0.4, -0.2) is 94.9 Å². The summed E-state index contributed by atoms with van der Waals surface area (Å²) in [5, 5.41) is 64.4. The molecule has 0 saturated carbocycles. The monoisotopic (exact) mass is 1830 g/mol. The van der Waals surface area contributed by atoms with Crippen LogP contribution in [0.5, 0.6) is 11.5 Å². The predicted molar refractivity (Wildman–Crippen MR) is 266 cm³/mol. The molecule has 6 aromatic rings. The number of rotatable bonds is 8. The van der Waals surface area contributed by atoms with Gasteiger partial charge in [0, 0.05) is 8.95 Å². The Morgan fingerprint density at radius 1 is 0.340 bits per heavy atom. The second-order valence-electron chi connectivity index (χ2n) is 16.1. The minimum absolute atomic E-state index is 0. The number of pyridine rings is 2. The van der Waals surface area contributed by atoms with Crippen molar-refractivity contribution in [1.82, 2.24) is 9.97 Å². The van der Waals surface area contributed by atoms with Gasteiger partial charge in [0.05, 0.1) is 46.2 Å². The first kappa shape index (κ1) is 89.3. The second kappa shape index (κ2) is 37.5. The molecule has 0 aliphatic heterocycles. The van der Waals surface area contributed by atoms with E-state index in [1.807, 2.05) is 84.9 Å². The summed E-state index contributed by atoms with van der Waals surface area (Å²) in [6.45, 7) is 0. The standard InChI is InChI=1S/2C16H11BrN2O.4C5H2F6O2.2Lu/c2*17-12-5-8-13(9-6-12)18-10-14-7-4-11-2-1-3-15(20)16(11)19-14;4*6-4(7,8)2(12)1-3(13)5(9,10)11;;/h2*1-10,20H;4*1,12H;;/q;;;;;;2*+3/p-6/b;;4*2-1-;;. The number of benzene rings is 4. The molecular weight excluding hydrogens is 1810 g/mol. The van der Waals surface area contributed by atoms with E-state index < -0.39 is 120 Å². The van der Waals surface area contributed by atoms with Crippen molar-refractivity contribution in [2.45, 2.75) is 49.4 Å². The Kier molecular flexibility index (Phi) is 35.6. The molecule has 0 atom stereocenters. The molecule has 2 heterocycles. The Morgan fingerprint density at radius 3 is 0.766 bits per heavy atom. The van der Waals surface area contributed by atoms with Crippen LogP contribution in [0, 0.1) is 73.7 Å². The molecule has 0 unspecified atom stereocenters. The molecule has 94 heavy (non-hydrogen) atoms. The molecule has 0 bridgehead atoms. The Balaban J connectivity index is 0. The van der Waals surface area contributed by atoms with E-state index in [1.54, 1.807) is 24.6 Å². The van der Waals surface area contributed by atoms with Crippen LogP contribution < -0.4 is 30.6 Å². The Bertz CT molecular complexity index is 3370. The number of fused-ring (bicyclic) bond motifs is 2. The third-order valence-electron chi connectivity index (χ3n) is 9.04. The molecule has 0 radical (unpaired) electrons. The van der Waals surface area contributed by atoms with Crippen LogP contribution in [0.3, 0.4) is 0 Å². The number of carbonyl (C=O) groups is 4. The van der Waals surface area contributed by atoms with Crippen molar-refractivity contribution < 1.29 is 229 Å². The van der Waals surface area contributed by atoms with Crippen molar-refractivity contribution in [2.75, 3.05) is 0 Å². The first-order valence-electron chi connectivity index (χ1n) is 22.7. The third kappa shape index (κ3) is 34.1. The van der Waals surface area contributed by atoms with Crippen LogP contribution in [0.2, 0.25) is 0 Å². The number of para-hydroxylation sites is 2. The van der Waals surface area contributed by atoms with E-state index in [4.69, 9.17) is 0 Å². The van der Waals surface area contributed by atoms with Gasteiger partial charge in [-0.05, 0) is 119 Å². The van der Waals surface area contributed by atoms with Gasteiger partial charge in [0.25, 0.3) is 23.1 Å². The van der Waals surface area contributed by atoms with Crippen molar-refractivity contribution in [3.8, 4) is 11.5 Å². The summed E-state index contributed by atoms with van der Waals surface area (Å²) in [4.78, 5) is 56.6. The fourth-order valence-corrected chi connectivity index (χ4v) is 5.41. The van der Waals surface area contributed by atoms with Gasteiger partial charge in [-0.15, -0.1) is 0 Å². The number of aromatic nitrogens is 2. The van der Waals surface area contributed by atoms with Crippen molar-refractivity contribution in [3.05, 3.63) is 177 Å². The second-order valence-corrected chi connectivity index (χ2v) is 17.9. The summed E-state index contributed by atoms with van der Waals surface area (Å²) in [6, 6.07) is 33.0. The maximum Gasteiger partial charge on any atom is 3.00 e. The van der Waals surface area contributed by atoms with E-state index in [1.165, 1.54) is 12.1 Å². The first-order valence-corrected chi connectivity index (χ1v) is 24.2. The summed E-state index contributed by atoms with van der Waals surface area (Å²) < 4.78 is 273. The van der Waals surface area contributed by atoms with Crippen LogP contribution in [0.15, 0.2) is 175 Å². The molecule has 0 saturated heterocycles. The van der Waals surface area contributed by atoms with Gasteiger partial charge in [-0.2, -0.15) is 105 Å². The van der Waals surface area contributed by atoms with Gasteiger partial charge < -0.3 is 30.6 Å². The van der Waals surface area contributed by atoms with Crippen molar-refractivity contribution in [1.29, 1.82) is 0 Å². The summed E-state index contributed by atoms with van der Waals surface area (Å²) in [5.41, 5.74) is 3.97. The van der Waals surface area contributed by atoms with Gasteiger partial charge in [-0.1, -0.05) is 91.9 Å². The molecule has 0 aliphatic rings. The average molecular weight is 1830 g/mol. The van der Waals surface area contributed by atoms with Crippen molar-refractivity contribution in [2.24, 2.45) is 9.98 Å². The Morgan fingerprint density at radius 2 is 0.564 bits per heavy atom. The van der Waals surface area contributed by atoms with Crippen molar-refractivity contribution in [3.63, 3.8) is 0 Å². The number of allylic oxidation sites excluding steroid dienone is 8. The van der Waals surface area contributed by atoms with Gasteiger partial charge in [0.2, 0.25) is 0 Å². The predicted octanol–water partition coefficient (Wildman–Crippen LogP) is 11.3. The molecule has 2 aromatic heterocycles. The van der Waals surface area contributed by atoms with Gasteiger partial charge in [0.1, 0.15) is 0 Å². The molecule has 524 valence electrons. The number of carbonyl (C=O) groups excluding carboxylic acids is 4. The van der Waals surface area contributed by atoms with Crippen molar-refractivity contribution >= 4 is 101 Å². The van der Waals surface area contributed by atoms with E-state index in [-0.39, 0.29) is 85.2 Å². The average Bonchev–Trinajstić information content (AvgIpc) is 0.837. The van der Waals surface area contributed by atoms with Crippen LogP contribution in [-0.2, 0) is 19.2 Å². The molecule has 14 nitrogen and oxygen atoms in total. The topological polar surface area (TPSA) is 257 Å². The third-order valence-corrected chi connectivity index (χ3v) is 10.1. The molecule has 42 heteroatoms. The molecular formula is C52H24Br2F24Lu2N4O10. The number of halogens is 26. The molecule has 0 amide bonds. The van der Waals surface area contributed by atoms with E-state index in [2.05, 4.69) is 51.8 Å². The number of nitrogens with zero attached hydrogens (tertiary/aromatic N) is 4. The molecule has 0 aliphatic carbocycles. The number of ketones is 4. The quantitative estimate of drug-likeness (QED) is 0.0596. The fourth-order valence-electron chi connectivity index (χ4n) is 4.88. The Hall–Kier alpha value is -6.77. The molecule has 0 fully saturated rings. The van der Waals surface area contributed by atoms with Crippen LogP contribution in [0.1, 0.15) is 11.4 Å². The molecule has 4 aromatic carbocycles. The molecule has 0 spiro atoms. The van der Waals surface area contributed by atoms with Crippen LogP contribution in [0.25, 0.3) is 21.8 Å². The van der Waals surface area contributed by atoms with Gasteiger partial charge in [-0.3, -0.25) is 29.2 Å². The van der Waals surface area contributed by atoms with Crippen LogP contribution in [0.4, 0.5) is 117 Å². The summed E-state index contributed by atoms with van der Waals surface area (Å²) in [5.74, 6) is -22.7. The summed E-state index contributed by atoms with van der Waals surface area (Å²) >= 11 is 6.76. The largest absolute Gasteiger partial charge is 3.00 e. The van der Waals surface area contributed by atoms with E-state index in [0.717, 1.165) is 31.1 Å². The zero-order chi connectivity index (χ0) is 71.3. The molecule has 0 N–H and O–H groups in total. The number of hydrogen-bond acceptors (Lipinski definition) is 14. The minimum atomic E-state index is -5.46. The number of hydrogen-bond donors (Lipinski definition) is 0. The van der Waals surface area contributed by atoms with E-state index in [0.29, 0.717) is 22.4 Å². The Labute approximate surface area is 582 Å². The smallest absolute Gasteiger partial charge is 0.871 e. The number of aliphatic imine (C=N–C) groups is 2. The SMILES string of the molecule is O=C(/C=C(\[O-])C(F)(F)F)C(F)(F)F.O=C(/C=C(\[O-])C(F)(F)F)C(F)(F)F.O=C(/C=C(\[O-])C(F)(F)F)C(F)(F)F.O=C(/C=C(\[O-])C(F)(F)F)C(F)(F)F.[Lu+3].[Lu+3].[O-]c1cccc2ccc(C=Nc3ccc(Br)cc3)nc12.[O-]c1cccc2ccc(C=Nc3ccc(Br)cc3)nc12. The normalized spacial score (nSPS) is 12.8. The summed E-state index contributed by atoms with van der Waals surface area (Å²) in [6.07, 6.45) is -44.4. The van der Waals surface area contributed by atoms with Gasteiger partial charge >= 0.3 is 123 Å². The zero-order valence-corrected chi connectivity index (χ0v) is 50.6. The summed E-state index contributed by atoms with van der Waals surface area (Å²) in [7, 11) is 0. The maximum absolute atomic E-state index is 11.7. The van der Waals surface area contributed by atoms with Gasteiger partial charge in [0.15, 0.2) is 0 Å². The molecule has 6 rings (SSSR count). The minimum Gasteiger partial charge on any atom is -0.871 e. The van der Waals surface area contributed by atoms with Crippen LogP contribution >= 0.6 is 31.9 Å². The zero-order valence-electron chi connectivity index (χ0n) is 44.1. The maximum atomic E-state index is 11.7. The fraction of sp³-hybridized carbons (Fsp3) is 0.154. The van der Waals surface area contributed by atoms with Gasteiger partial charge in [-0.25, -0.2) is 9.97 Å². The number of alkyl halides is 24. The van der Waals surface area contributed by atoms with E-state index >= 15 is 0 Å². The van der Waals surface area contributed by atoms with E-state index in [9.17, 15) is 155 Å².